The average molecular weight is 327 g/mol. The van der Waals surface area contributed by atoms with Crippen LogP contribution in [0.1, 0.15) is 44.0 Å². The minimum atomic E-state index is -0.431. The van der Waals surface area contributed by atoms with Gasteiger partial charge in [0.05, 0.1) is 23.5 Å². The standard InChI is InChI=1S/C18H25N5O/c1-12-10-13(2)23(22-12)16-8-7-14(11-20-16)21-17(24)15-6-4-5-9-18(15,3)19/h7-8,10-11,15H,4-6,9,19H2,1-3H3,(H,21,24). The molecule has 1 saturated carbocycles. The summed E-state index contributed by atoms with van der Waals surface area (Å²) in [5.74, 6) is 0.572. The summed E-state index contributed by atoms with van der Waals surface area (Å²) in [6, 6.07) is 5.72. The molecule has 2 heterocycles. The zero-order chi connectivity index (χ0) is 17.3. The zero-order valence-corrected chi connectivity index (χ0v) is 14.5. The topological polar surface area (TPSA) is 85.8 Å². The molecule has 0 spiro atoms. The molecule has 1 aliphatic carbocycles. The first kappa shape index (κ1) is 16.6. The van der Waals surface area contributed by atoms with Crippen LogP contribution in [-0.4, -0.2) is 26.2 Å². The van der Waals surface area contributed by atoms with Crippen molar-refractivity contribution in [3.63, 3.8) is 0 Å². The van der Waals surface area contributed by atoms with Crippen LogP contribution in [0.3, 0.4) is 0 Å². The summed E-state index contributed by atoms with van der Waals surface area (Å²) in [5.41, 5.74) is 8.54. The van der Waals surface area contributed by atoms with E-state index in [4.69, 9.17) is 5.73 Å². The SMILES string of the molecule is Cc1cc(C)n(-c2ccc(NC(=O)C3CCCCC3(C)N)cn2)n1. The van der Waals surface area contributed by atoms with Crippen molar-refractivity contribution >= 4 is 11.6 Å². The summed E-state index contributed by atoms with van der Waals surface area (Å²) in [6.07, 6.45) is 5.55. The molecule has 0 bridgehead atoms. The van der Waals surface area contributed by atoms with E-state index in [-0.39, 0.29) is 11.8 Å². The first-order chi connectivity index (χ1) is 11.4. The summed E-state index contributed by atoms with van der Waals surface area (Å²) in [7, 11) is 0. The van der Waals surface area contributed by atoms with E-state index < -0.39 is 5.54 Å². The van der Waals surface area contributed by atoms with E-state index in [2.05, 4.69) is 15.4 Å². The first-order valence-electron chi connectivity index (χ1n) is 8.46. The van der Waals surface area contributed by atoms with Crippen molar-refractivity contribution in [3.8, 4) is 5.82 Å². The first-order valence-corrected chi connectivity index (χ1v) is 8.46. The molecular weight excluding hydrogens is 302 g/mol. The highest BCUT2D eigenvalue weighted by Crippen LogP contribution is 2.32. The van der Waals surface area contributed by atoms with Crippen molar-refractivity contribution < 1.29 is 4.79 Å². The molecule has 2 aromatic rings. The van der Waals surface area contributed by atoms with Crippen LogP contribution in [0.5, 0.6) is 0 Å². The molecule has 128 valence electrons. The second kappa shape index (κ2) is 6.36. The van der Waals surface area contributed by atoms with Crippen LogP contribution in [0.2, 0.25) is 0 Å². The molecule has 2 unspecified atom stereocenters. The lowest BCUT2D eigenvalue weighted by Crippen LogP contribution is -2.51. The number of pyridine rings is 1. The highest BCUT2D eigenvalue weighted by Gasteiger charge is 2.37. The molecule has 2 atom stereocenters. The summed E-state index contributed by atoms with van der Waals surface area (Å²) in [4.78, 5) is 17.0. The number of hydrogen-bond acceptors (Lipinski definition) is 4. The third kappa shape index (κ3) is 3.33. The number of aromatic nitrogens is 3. The van der Waals surface area contributed by atoms with Gasteiger partial charge >= 0.3 is 0 Å². The fourth-order valence-corrected chi connectivity index (χ4v) is 3.46. The molecular formula is C18H25N5O. The van der Waals surface area contributed by atoms with Gasteiger partial charge in [-0.2, -0.15) is 5.10 Å². The number of carbonyl (C=O) groups is 1. The monoisotopic (exact) mass is 327 g/mol. The number of nitrogens with two attached hydrogens (primary N) is 1. The lowest BCUT2D eigenvalue weighted by atomic mass is 9.74. The normalized spacial score (nSPS) is 23.9. The molecule has 6 heteroatoms. The largest absolute Gasteiger partial charge is 0.325 e. The number of rotatable bonds is 3. The maximum absolute atomic E-state index is 12.6. The number of amides is 1. The maximum atomic E-state index is 12.6. The molecule has 6 nitrogen and oxygen atoms in total. The quantitative estimate of drug-likeness (QED) is 0.907. The predicted octanol–water partition coefficient (Wildman–Crippen LogP) is 2.73. The van der Waals surface area contributed by atoms with Gasteiger partial charge in [-0.15, -0.1) is 0 Å². The van der Waals surface area contributed by atoms with Crippen LogP contribution in [-0.2, 0) is 4.79 Å². The fourth-order valence-electron chi connectivity index (χ4n) is 3.46. The molecule has 2 aromatic heterocycles. The van der Waals surface area contributed by atoms with Crippen LogP contribution < -0.4 is 11.1 Å². The van der Waals surface area contributed by atoms with Gasteiger partial charge < -0.3 is 11.1 Å². The van der Waals surface area contributed by atoms with Crippen molar-refractivity contribution in [2.75, 3.05) is 5.32 Å². The van der Waals surface area contributed by atoms with Crippen LogP contribution in [0.15, 0.2) is 24.4 Å². The Labute approximate surface area is 142 Å². The summed E-state index contributed by atoms with van der Waals surface area (Å²) >= 11 is 0. The molecule has 3 rings (SSSR count). The second-order valence-electron chi connectivity index (χ2n) is 7.04. The summed E-state index contributed by atoms with van der Waals surface area (Å²) < 4.78 is 1.79. The predicted molar refractivity (Wildman–Crippen MR) is 94.0 cm³/mol. The smallest absolute Gasteiger partial charge is 0.229 e. The van der Waals surface area contributed by atoms with Crippen molar-refractivity contribution in [1.82, 2.24) is 14.8 Å². The summed E-state index contributed by atoms with van der Waals surface area (Å²) in [6.45, 7) is 5.91. The van der Waals surface area contributed by atoms with E-state index in [1.54, 1.807) is 10.9 Å². The maximum Gasteiger partial charge on any atom is 0.229 e. The van der Waals surface area contributed by atoms with Gasteiger partial charge in [-0.1, -0.05) is 12.8 Å². The Bertz CT molecular complexity index is 732. The Balaban J connectivity index is 1.72. The lowest BCUT2D eigenvalue weighted by Gasteiger charge is -2.37. The van der Waals surface area contributed by atoms with Crippen molar-refractivity contribution in [2.45, 2.75) is 52.0 Å². The van der Waals surface area contributed by atoms with Crippen molar-refractivity contribution in [2.24, 2.45) is 11.7 Å². The van der Waals surface area contributed by atoms with Crippen molar-refractivity contribution in [1.29, 1.82) is 0 Å². The molecule has 3 N–H and O–H groups in total. The Morgan fingerprint density at radius 1 is 1.38 bits per heavy atom. The van der Waals surface area contributed by atoms with E-state index in [9.17, 15) is 4.79 Å². The van der Waals surface area contributed by atoms with Gasteiger partial charge in [-0.25, -0.2) is 9.67 Å². The molecule has 0 radical (unpaired) electrons. The molecule has 0 aliphatic heterocycles. The van der Waals surface area contributed by atoms with Gasteiger partial charge in [0.25, 0.3) is 0 Å². The van der Waals surface area contributed by atoms with E-state index >= 15 is 0 Å². The highest BCUT2D eigenvalue weighted by atomic mass is 16.2. The number of carbonyl (C=O) groups excluding carboxylic acids is 1. The van der Waals surface area contributed by atoms with Crippen LogP contribution in [0, 0.1) is 19.8 Å². The Morgan fingerprint density at radius 2 is 2.17 bits per heavy atom. The number of nitrogens with zero attached hydrogens (tertiary/aromatic N) is 3. The second-order valence-corrected chi connectivity index (χ2v) is 7.04. The zero-order valence-electron chi connectivity index (χ0n) is 14.5. The Morgan fingerprint density at radius 3 is 2.75 bits per heavy atom. The van der Waals surface area contributed by atoms with E-state index in [1.165, 1.54) is 0 Å². The minimum Gasteiger partial charge on any atom is -0.325 e. The number of nitrogens with one attached hydrogen (secondary N) is 1. The van der Waals surface area contributed by atoms with Crippen LogP contribution in [0.25, 0.3) is 5.82 Å². The molecule has 1 fully saturated rings. The van der Waals surface area contributed by atoms with Crippen LogP contribution in [0.4, 0.5) is 5.69 Å². The molecule has 24 heavy (non-hydrogen) atoms. The fraction of sp³-hybridized carbons (Fsp3) is 0.500. The number of anilines is 1. The van der Waals surface area contributed by atoms with Crippen molar-refractivity contribution in [3.05, 3.63) is 35.8 Å². The Kier molecular flexibility index (Phi) is 4.41. The van der Waals surface area contributed by atoms with Gasteiger partial charge in [-0.3, -0.25) is 4.79 Å². The Hall–Kier alpha value is -2.21. The third-order valence-electron chi connectivity index (χ3n) is 4.81. The van der Waals surface area contributed by atoms with Gasteiger partial charge in [-0.05, 0) is 51.8 Å². The van der Waals surface area contributed by atoms with Crippen LogP contribution >= 0.6 is 0 Å². The van der Waals surface area contributed by atoms with Gasteiger partial charge in [0, 0.05) is 11.2 Å². The third-order valence-corrected chi connectivity index (χ3v) is 4.81. The van der Waals surface area contributed by atoms with E-state index in [1.807, 2.05) is 39.0 Å². The minimum absolute atomic E-state index is 0.0136. The molecule has 1 aliphatic rings. The molecule has 1 amide bonds. The highest BCUT2D eigenvalue weighted by molar-refractivity contribution is 5.93. The van der Waals surface area contributed by atoms with Gasteiger partial charge in [0.15, 0.2) is 5.82 Å². The number of aryl methyl sites for hydroxylation is 2. The summed E-state index contributed by atoms with van der Waals surface area (Å²) in [5, 5.41) is 7.37. The van der Waals surface area contributed by atoms with E-state index in [0.717, 1.165) is 42.9 Å². The van der Waals surface area contributed by atoms with Gasteiger partial charge in [0.1, 0.15) is 0 Å². The molecule has 0 saturated heterocycles. The average Bonchev–Trinajstić information content (AvgIpc) is 2.86. The lowest BCUT2D eigenvalue weighted by molar-refractivity contribution is -0.122. The number of hydrogen-bond donors (Lipinski definition) is 2. The van der Waals surface area contributed by atoms with Gasteiger partial charge in [0.2, 0.25) is 5.91 Å². The molecule has 0 aromatic carbocycles. The van der Waals surface area contributed by atoms with E-state index in [0.29, 0.717) is 5.69 Å².